The molecule has 0 N–H and O–H groups in total. The van der Waals surface area contributed by atoms with Crippen LogP contribution in [0, 0.1) is 0 Å². The number of ether oxygens (including phenoxy) is 4. The average Bonchev–Trinajstić information content (AvgIpc) is 3.25. The van der Waals surface area contributed by atoms with Gasteiger partial charge in [-0.3, -0.25) is 9.59 Å². The lowest BCUT2D eigenvalue weighted by Crippen LogP contribution is -2.40. The third kappa shape index (κ3) is 44.8. The normalized spacial score (nSPS) is 11.9. The van der Waals surface area contributed by atoms with Crippen molar-refractivity contribution in [2.24, 2.45) is 0 Å². The third-order valence-corrected chi connectivity index (χ3v) is 11.4. The zero-order chi connectivity index (χ0) is 49.0. The van der Waals surface area contributed by atoms with Crippen molar-refractivity contribution in [3.63, 3.8) is 0 Å². The molecule has 0 fully saturated rings. The smallest absolute Gasteiger partial charge is 0.410 e. The van der Waals surface area contributed by atoms with E-state index in [1.807, 2.05) is 41.5 Å². The second-order valence-corrected chi connectivity index (χ2v) is 20.5. The second-order valence-electron chi connectivity index (χ2n) is 20.5. The van der Waals surface area contributed by atoms with Gasteiger partial charge in [-0.2, -0.15) is 0 Å². The molecule has 0 aliphatic carbocycles. The van der Waals surface area contributed by atoms with Gasteiger partial charge in [0.05, 0.1) is 26.1 Å². The van der Waals surface area contributed by atoms with Gasteiger partial charge in [-0.1, -0.05) is 154 Å². The molecule has 0 saturated heterocycles. The van der Waals surface area contributed by atoms with Crippen LogP contribution in [0.15, 0.2) is 24.3 Å². The molecule has 10 heteroatoms. The fraction of sp³-hybridized carbons (Fsp3) is 0.857. The first-order chi connectivity index (χ1) is 31.7. The Balaban J connectivity index is 4.52. The van der Waals surface area contributed by atoms with E-state index in [0.29, 0.717) is 39.1 Å². The number of allylic oxidation sites excluding steroid dienone is 4. The maximum absolute atomic E-state index is 13.1. The maximum atomic E-state index is 13.1. The Kier molecular flexibility index (Phi) is 41.3. The Morgan fingerprint density at radius 3 is 0.924 bits per heavy atom. The second kappa shape index (κ2) is 43.3. The quantitative estimate of drug-likeness (QED) is 0.0257. The van der Waals surface area contributed by atoms with E-state index in [2.05, 4.69) is 38.2 Å². The Hall–Kier alpha value is -3.04. The Labute approximate surface area is 406 Å². The fourth-order valence-corrected chi connectivity index (χ4v) is 7.52. The largest absolute Gasteiger partial charge is 0.466 e. The van der Waals surface area contributed by atoms with Gasteiger partial charge in [0.1, 0.15) is 11.2 Å². The molecule has 0 atom stereocenters. The highest BCUT2D eigenvalue weighted by Crippen LogP contribution is 2.16. The van der Waals surface area contributed by atoms with Gasteiger partial charge >= 0.3 is 24.1 Å². The zero-order valence-corrected chi connectivity index (χ0v) is 44.3. The summed E-state index contributed by atoms with van der Waals surface area (Å²) in [5.74, 6) is -0.657. The number of rotatable bonds is 43. The van der Waals surface area contributed by atoms with Crippen molar-refractivity contribution < 1.29 is 38.1 Å². The first-order valence-corrected chi connectivity index (χ1v) is 27.3. The molecular weight excluding hydrogens is 829 g/mol. The van der Waals surface area contributed by atoms with Gasteiger partial charge in [0, 0.05) is 26.2 Å². The van der Waals surface area contributed by atoms with Crippen LogP contribution in [0.25, 0.3) is 0 Å². The number of carbonyl (C=O) groups is 4. The van der Waals surface area contributed by atoms with Crippen LogP contribution >= 0.6 is 0 Å². The van der Waals surface area contributed by atoms with Crippen LogP contribution in [0.3, 0.4) is 0 Å². The summed E-state index contributed by atoms with van der Waals surface area (Å²) in [6, 6.07) is 0. The van der Waals surface area contributed by atoms with Crippen molar-refractivity contribution in [3.05, 3.63) is 24.3 Å². The molecule has 10 nitrogen and oxygen atoms in total. The summed E-state index contributed by atoms with van der Waals surface area (Å²) in [5.41, 5.74) is -1.38. The standard InChI is InChI=1S/C56H104N2O8/c1-9-11-13-15-17-19-21-23-25-27-29-31-33-35-37-41-49-63-51(59)43-47-57(53(61)65-55(3,4)5)45-39-40-46-58(54(62)66-56(6,7)8)48-44-52(60)64-50-42-38-36-34-32-30-28-26-24-22-20-18-16-14-12-10-2/h25-28H,9-24,29-50H2,1-8H3/b27-25+,28-26+. The van der Waals surface area contributed by atoms with E-state index < -0.39 is 23.4 Å². The summed E-state index contributed by atoms with van der Waals surface area (Å²) in [6.45, 7) is 17.2. The third-order valence-electron chi connectivity index (χ3n) is 11.4. The van der Waals surface area contributed by atoms with Crippen molar-refractivity contribution in [1.29, 1.82) is 0 Å². The van der Waals surface area contributed by atoms with E-state index in [1.54, 1.807) is 9.80 Å². The molecule has 0 saturated carbocycles. The molecular formula is C56H104N2O8. The van der Waals surface area contributed by atoms with Crippen molar-refractivity contribution in [1.82, 2.24) is 9.80 Å². The van der Waals surface area contributed by atoms with Crippen LogP contribution < -0.4 is 0 Å². The molecule has 0 spiro atoms. The zero-order valence-electron chi connectivity index (χ0n) is 44.3. The van der Waals surface area contributed by atoms with Gasteiger partial charge in [-0.15, -0.1) is 0 Å². The monoisotopic (exact) mass is 933 g/mol. The van der Waals surface area contributed by atoms with Crippen LogP contribution in [0.2, 0.25) is 0 Å². The Morgan fingerprint density at radius 1 is 0.364 bits per heavy atom. The number of hydrogen-bond acceptors (Lipinski definition) is 8. The molecule has 66 heavy (non-hydrogen) atoms. The number of unbranched alkanes of at least 4 members (excludes halogenated alkanes) is 25. The van der Waals surface area contributed by atoms with E-state index in [0.717, 1.165) is 51.4 Å². The Bertz CT molecular complexity index is 1140. The number of hydrogen-bond donors (Lipinski definition) is 0. The van der Waals surface area contributed by atoms with Gasteiger partial charge in [-0.25, -0.2) is 9.59 Å². The molecule has 0 rings (SSSR count). The van der Waals surface area contributed by atoms with Crippen LogP contribution in [-0.2, 0) is 28.5 Å². The van der Waals surface area contributed by atoms with Gasteiger partial charge in [-0.05, 0) is 119 Å². The average molecular weight is 933 g/mol. The van der Waals surface area contributed by atoms with Crippen molar-refractivity contribution >= 4 is 24.1 Å². The minimum absolute atomic E-state index is 0.0770. The van der Waals surface area contributed by atoms with E-state index in [4.69, 9.17) is 18.9 Å². The van der Waals surface area contributed by atoms with E-state index in [-0.39, 0.29) is 37.9 Å². The van der Waals surface area contributed by atoms with Gasteiger partial charge < -0.3 is 28.7 Å². The molecule has 386 valence electrons. The summed E-state index contributed by atoms with van der Waals surface area (Å²) in [4.78, 5) is 54.7. The molecule has 0 unspecified atom stereocenters. The maximum Gasteiger partial charge on any atom is 0.410 e. The molecule has 0 aromatic carbocycles. The summed E-state index contributed by atoms with van der Waals surface area (Å²) in [7, 11) is 0. The molecule has 0 radical (unpaired) electrons. The van der Waals surface area contributed by atoms with Crippen LogP contribution in [0.4, 0.5) is 9.59 Å². The first kappa shape index (κ1) is 63.0. The van der Waals surface area contributed by atoms with Crippen LogP contribution in [0.5, 0.6) is 0 Å². The topological polar surface area (TPSA) is 112 Å². The van der Waals surface area contributed by atoms with Gasteiger partial charge in [0.25, 0.3) is 0 Å². The minimum atomic E-state index is -0.689. The highest BCUT2D eigenvalue weighted by atomic mass is 16.6. The number of esters is 2. The lowest BCUT2D eigenvalue weighted by atomic mass is 10.1. The van der Waals surface area contributed by atoms with Crippen molar-refractivity contribution in [2.45, 2.75) is 272 Å². The number of nitrogens with zero attached hydrogens (tertiary/aromatic N) is 2. The SMILES string of the molecule is CCCCCCCCC/C=C/CCCCCCCOC(=O)CCN(CCCCN(CCC(=O)OCCCCCCC/C=C/CCCCCCCCC)C(=O)OC(C)(C)C)C(=O)OC(C)(C)C. The van der Waals surface area contributed by atoms with E-state index in [9.17, 15) is 19.2 Å². The molecule has 0 aromatic rings. The molecule has 2 amide bonds. The van der Waals surface area contributed by atoms with Gasteiger partial charge in [0.2, 0.25) is 0 Å². The highest BCUT2D eigenvalue weighted by molar-refractivity contribution is 5.73. The molecule has 0 aromatic heterocycles. The summed E-state index contributed by atoms with van der Waals surface area (Å²) in [6.07, 6.45) is 44.0. The van der Waals surface area contributed by atoms with Crippen LogP contribution in [0.1, 0.15) is 261 Å². The van der Waals surface area contributed by atoms with E-state index in [1.165, 1.54) is 128 Å². The minimum Gasteiger partial charge on any atom is -0.466 e. The fourth-order valence-electron chi connectivity index (χ4n) is 7.52. The molecule has 0 heterocycles. The van der Waals surface area contributed by atoms with Crippen molar-refractivity contribution in [2.75, 3.05) is 39.4 Å². The van der Waals surface area contributed by atoms with Crippen LogP contribution in [-0.4, -0.2) is 84.5 Å². The molecule has 0 aliphatic rings. The first-order valence-electron chi connectivity index (χ1n) is 27.3. The van der Waals surface area contributed by atoms with Crippen molar-refractivity contribution in [3.8, 4) is 0 Å². The summed E-state index contributed by atoms with van der Waals surface area (Å²) in [5, 5.41) is 0. The number of carbonyl (C=O) groups excluding carboxylic acids is 4. The lowest BCUT2D eigenvalue weighted by molar-refractivity contribution is -0.145. The Morgan fingerprint density at radius 2 is 0.636 bits per heavy atom. The molecule has 0 aliphatic heterocycles. The highest BCUT2D eigenvalue weighted by Gasteiger charge is 2.25. The number of amides is 2. The summed E-state index contributed by atoms with van der Waals surface area (Å²) >= 11 is 0. The lowest BCUT2D eigenvalue weighted by Gasteiger charge is -2.29. The predicted molar refractivity (Wildman–Crippen MR) is 275 cm³/mol. The van der Waals surface area contributed by atoms with Gasteiger partial charge in [0.15, 0.2) is 0 Å². The molecule has 0 bridgehead atoms. The predicted octanol–water partition coefficient (Wildman–Crippen LogP) is 16.2. The summed E-state index contributed by atoms with van der Waals surface area (Å²) < 4.78 is 22.3. The van der Waals surface area contributed by atoms with E-state index >= 15 is 0 Å².